The molecule has 0 aliphatic carbocycles. The van der Waals surface area contributed by atoms with Gasteiger partial charge in [-0.2, -0.15) is 0 Å². The minimum Gasteiger partial charge on any atom is -0.493 e. The van der Waals surface area contributed by atoms with Gasteiger partial charge in [-0.15, -0.1) is 0 Å². The van der Waals surface area contributed by atoms with Crippen molar-refractivity contribution in [3.8, 4) is 17.2 Å². The lowest BCUT2D eigenvalue weighted by Gasteiger charge is -2.15. The number of methoxy groups -OCH3 is 3. The van der Waals surface area contributed by atoms with E-state index in [9.17, 15) is 4.79 Å². The molecule has 0 spiro atoms. The fourth-order valence-corrected chi connectivity index (χ4v) is 2.59. The molecule has 2 amide bonds. The first-order chi connectivity index (χ1) is 12.6. The Bertz CT molecular complexity index is 918. The zero-order valence-corrected chi connectivity index (χ0v) is 14.7. The number of benzene rings is 2. The van der Waals surface area contributed by atoms with Gasteiger partial charge in [0, 0.05) is 17.5 Å². The number of fused-ring (bicyclic) bond motifs is 1. The number of hydrogen-bond donors (Lipinski definition) is 2. The number of aromatic nitrogens is 1. The van der Waals surface area contributed by atoms with E-state index >= 15 is 0 Å². The first-order valence-corrected chi connectivity index (χ1v) is 7.87. The number of para-hydroxylation sites is 1. The second-order valence-corrected chi connectivity index (χ2v) is 5.41. The van der Waals surface area contributed by atoms with E-state index in [0.717, 1.165) is 10.9 Å². The third-order valence-corrected chi connectivity index (χ3v) is 3.77. The lowest BCUT2D eigenvalue weighted by Crippen LogP contribution is -2.19. The Morgan fingerprint density at radius 2 is 1.54 bits per heavy atom. The summed E-state index contributed by atoms with van der Waals surface area (Å²) in [4.78, 5) is 16.6. The Hall–Kier alpha value is -3.48. The van der Waals surface area contributed by atoms with Crippen LogP contribution in [0.4, 0.5) is 16.2 Å². The lowest BCUT2D eigenvalue weighted by atomic mass is 10.2. The van der Waals surface area contributed by atoms with Gasteiger partial charge in [0.05, 0.1) is 44.4 Å². The van der Waals surface area contributed by atoms with Gasteiger partial charge in [0.25, 0.3) is 0 Å². The van der Waals surface area contributed by atoms with Crippen LogP contribution in [-0.2, 0) is 0 Å². The van der Waals surface area contributed by atoms with Gasteiger partial charge < -0.3 is 24.8 Å². The largest absolute Gasteiger partial charge is 0.493 e. The molecular formula is C19H19N3O4. The quantitative estimate of drug-likeness (QED) is 0.727. The molecule has 2 N–H and O–H groups in total. The van der Waals surface area contributed by atoms with Gasteiger partial charge in [-0.3, -0.25) is 4.98 Å². The van der Waals surface area contributed by atoms with Crippen molar-refractivity contribution in [3.05, 3.63) is 48.7 Å². The fraction of sp³-hybridized carbons (Fsp3) is 0.158. The van der Waals surface area contributed by atoms with Gasteiger partial charge in [0.1, 0.15) is 0 Å². The molecule has 0 fully saturated rings. The highest BCUT2D eigenvalue weighted by atomic mass is 16.5. The number of ether oxygens (including phenoxy) is 3. The molecule has 0 aliphatic heterocycles. The smallest absolute Gasteiger partial charge is 0.323 e. The minimum atomic E-state index is -0.406. The molecule has 0 radical (unpaired) electrons. The van der Waals surface area contributed by atoms with E-state index in [1.165, 1.54) is 21.3 Å². The number of hydrogen-bond acceptors (Lipinski definition) is 5. The summed E-state index contributed by atoms with van der Waals surface area (Å²) in [6, 6.07) is 12.4. The monoisotopic (exact) mass is 353 g/mol. The molecule has 26 heavy (non-hydrogen) atoms. The number of nitrogens with one attached hydrogen (secondary N) is 2. The van der Waals surface area contributed by atoms with E-state index in [1.54, 1.807) is 18.3 Å². The third kappa shape index (κ3) is 3.61. The van der Waals surface area contributed by atoms with Crippen LogP contribution in [0.5, 0.6) is 17.2 Å². The predicted molar refractivity (Wildman–Crippen MR) is 100 cm³/mol. The van der Waals surface area contributed by atoms with E-state index in [-0.39, 0.29) is 0 Å². The van der Waals surface area contributed by atoms with E-state index in [2.05, 4.69) is 15.6 Å². The predicted octanol–water partition coefficient (Wildman–Crippen LogP) is 3.90. The van der Waals surface area contributed by atoms with Crippen LogP contribution < -0.4 is 24.8 Å². The van der Waals surface area contributed by atoms with E-state index in [4.69, 9.17) is 14.2 Å². The van der Waals surface area contributed by atoms with Crippen molar-refractivity contribution in [2.45, 2.75) is 0 Å². The molecule has 7 nitrogen and oxygen atoms in total. The molecule has 2 aromatic carbocycles. The number of amides is 2. The maximum Gasteiger partial charge on any atom is 0.323 e. The van der Waals surface area contributed by atoms with Gasteiger partial charge >= 0.3 is 6.03 Å². The molecule has 0 bridgehead atoms. The SMILES string of the molecule is COc1cc(NC(=O)Nc2cnc3ccccc3c2)cc(OC)c1OC. The van der Waals surface area contributed by atoms with E-state index in [1.807, 2.05) is 30.3 Å². The molecular weight excluding hydrogens is 334 g/mol. The molecule has 0 saturated carbocycles. The van der Waals surface area contributed by atoms with Crippen LogP contribution >= 0.6 is 0 Å². The Labute approximate surface area is 150 Å². The summed E-state index contributed by atoms with van der Waals surface area (Å²) in [5.74, 6) is 1.36. The molecule has 1 heterocycles. The topological polar surface area (TPSA) is 81.7 Å². The first kappa shape index (κ1) is 17.3. The third-order valence-electron chi connectivity index (χ3n) is 3.77. The Morgan fingerprint density at radius 1 is 0.885 bits per heavy atom. The van der Waals surface area contributed by atoms with Crippen LogP contribution in [0.15, 0.2) is 48.7 Å². The number of carbonyl (C=O) groups is 1. The van der Waals surface area contributed by atoms with Crippen LogP contribution in [0.25, 0.3) is 10.9 Å². The molecule has 0 atom stereocenters. The van der Waals surface area contributed by atoms with Crippen LogP contribution in [0.3, 0.4) is 0 Å². The van der Waals surface area contributed by atoms with Crippen molar-refractivity contribution in [3.63, 3.8) is 0 Å². The van der Waals surface area contributed by atoms with Gasteiger partial charge in [-0.05, 0) is 12.1 Å². The molecule has 134 valence electrons. The van der Waals surface area contributed by atoms with Crippen LogP contribution in [0.2, 0.25) is 0 Å². The van der Waals surface area contributed by atoms with Crippen LogP contribution in [0.1, 0.15) is 0 Å². The molecule has 0 aliphatic rings. The Balaban J connectivity index is 1.78. The van der Waals surface area contributed by atoms with Gasteiger partial charge in [-0.25, -0.2) is 4.79 Å². The number of pyridine rings is 1. The van der Waals surface area contributed by atoms with Gasteiger partial charge in [0.15, 0.2) is 11.5 Å². The van der Waals surface area contributed by atoms with Crippen LogP contribution in [0, 0.1) is 0 Å². The normalized spacial score (nSPS) is 10.3. The van der Waals surface area contributed by atoms with Crippen molar-refractivity contribution in [1.82, 2.24) is 4.98 Å². The number of carbonyl (C=O) groups excluding carboxylic acids is 1. The van der Waals surface area contributed by atoms with Crippen molar-refractivity contribution in [2.24, 2.45) is 0 Å². The van der Waals surface area contributed by atoms with E-state index in [0.29, 0.717) is 28.6 Å². The zero-order valence-electron chi connectivity index (χ0n) is 14.7. The summed E-state index contributed by atoms with van der Waals surface area (Å²) in [5.41, 5.74) is 1.96. The number of nitrogens with zero attached hydrogens (tertiary/aromatic N) is 1. The average molecular weight is 353 g/mol. The second kappa shape index (κ2) is 7.60. The number of anilines is 2. The van der Waals surface area contributed by atoms with Gasteiger partial charge in [-0.1, -0.05) is 18.2 Å². The maximum absolute atomic E-state index is 12.3. The summed E-state index contributed by atoms with van der Waals surface area (Å²) in [7, 11) is 4.55. The molecule has 0 unspecified atom stereocenters. The molecule has 3 aromatic rings. The van der Waals surface area contributed by atoms with Gasteiger partial charge in [0.2, 0.25) is 5.75 Å². The highest BCUT2D eigenvalue weighted by Gasteiger charge is 2.14. The summed E-state index contributed by atoms with van der Waals surface area (Å²) in [5, 5.41) is 6.45. The molecule has 7 heteroatoms. The molecule has 3 rings (SSSR count). The summed E-state index contributed by atoms with van der Waals surface area (Å²) < 4.78 is 15.8. The highest BCUT2D eigenvalue weighted by Crippen LogP contribution is 2.39. The fourth-order valence-electron chi connectivity index (χ4n) is 2.59. The first-order valence-electron chi connectivity index (χ1n) is 7.87. The minimum absolute atomic E-state index is 0.406. The Kier molecular flexibility index (Phi) is 5.07. The second-order valence-electron chi connectivity index (χ2n) is 5.41. The Morgan fingerprint density at radius 3 is 2.19 bits per heavy atom. The zero-order chi connectivity index (χ0) is 18.5. The average Bonchev–Trinajstić information content (AvgIpc) is 2.66. The summed E-state index contributed by atoms with van der Waals surface area (Å²) in [6.07, 6.45) is 1.61. The van der Waals surface area contributed by atoms with Crippen molar-refractivity contribution < 1.29 is 19.0 Å². The highest BCUT2D eigenvalue weighted by molar-refractivity contribution is 6.01. The lowest BCUT2D eigenvalue weighted by molar-refractivity contribution is 0.262. The molecule has 1 aromatic heterocycles. The number of rotatable bonds is 5. The summed E-state index contributed by atoms with van der Waals surface area (Å²) >= 11 is 0. The maximum atomic E-state index is 12.3. The summed E-state index contributed by atoms with van der Waals surface area (Å²) in [6.45, 7) is 0. The molecule has 0 saturated heterocycles. The van der Waals surface area contributed by atoms with E-state index < -0.39 is 6.03 Å². The van der Waals surface area contributed by atoms with Crippen molar-refractivity contribution >= 4 is 28.3 Å². The number of urea groups is 1. The van der Waals surface area contributed by atoms with Crippen molar-refractivity contribution in [2.75, 3.05) is 32.0 Å². The standard InChI is InChI=1S/C19H19N3O4/c1-24-16-9-13(10-17(25-2)18(16)26-3)21-19(23)22-14-8-12-6-4-5-7-15(12)20-11-14/h4-11H,1-3H3,(H2,21,22,23). The van der Waals surface area contributed by atoms with Crippen molar-refractivity contribution in [1.29, 1.82) is 0 Å². The van der Waals surface area contributed by atoms with Crippen LogP contribution in [-0.4, -0.2) is 32.3 Å².